The number of allylic oxidation sites excluding steroid dienone is 2. The summed E-state index contributed by atoms with van der Waals surface area (Å²) < 4.78 is 16.5. The van der Waals surface area contributed by atoms with Crippen LogP contribution in [0.15, 0.2) is 24.0 Å². The average Bonchev–Trinajstić information content (AvgIpc) is 2.93. The van der Waals surface area contributed by atoms with E-state index in [0.29, 0.717) is 5.76 Å². The largest absolute Gasteiger partial charge is 0.458 e. The molecule has 17 heavy (non-hydrogen) atoms. The number of hydrogen-bond donors (Lipinski definition) is 0. The van der Waals surface area contributed by atoms with E-state index in [1.807, 2.05) is 12.2 Å². The van der Waals surface area contributed by atoms with Crippen LogP contribution in [0.4, 0.5) is 0 Å². The number of hydrogen-bond acceptors (Lipinski definition) is 3. The van der Waals surface area contributed by atoms with E-state index < -0.39 is 5.79 Å². The van der Waals surface area contributed by atoms with Gasteiger partial charge in [0.2, 0.25) is 5.79 Å². The van der Waals surface area contributed by atoms with Crippen LogP contribution in [-0.4, -0.2) is 19.2 Å². The SMILES string of the molecule is CC#CC#C/C=C1\C=CC2(CCC(OC)O2)O1. The molecule has 0 saturated carbocycles. The lowest BCUT2D eigenvalue weighted by molar-refractivity contribution is -0.218. The Morgan fingerprint density at radius 1 is 1.53 bits per heavy atom. The van der Waals surface area contributed by atoms with Crippen molar-refractivity contribution in [3.8, 4) is 23.7 Å². The van der Waals surface area contributed by atoms with Gasteiger partial charge in [0.05, 0.1) is 0 Å². The second-order valence-corrected chi connectivity index (χ2v) is 3.76. The second kappa shape index (κ2) is 5.10. The van der Waals surface area contributed by atoms with Gasteiger partial charge in [0, 0.05) is 26.0 Å². The zero-order valence-corrected chi connectivity index (χ0v) is 9.95. The first-order valence-electron chi connectivity index (χ1n) is 5.49. The van der Waals surface area contributed by atoms with E-state index in [4.69, 9.17) is 14.2 Å². The van der Waals surface area contributed by atoms with Gasteiger partial charge in [-0.25, -0.2) is 0 Å². The van der Waals surface area contributed by atoms with Crippen LogP contribution in [0.3, 0.4) is 0 Å². The van der Waals surface area contributed by atoms with E-state index in [1.165, 1.54) is 0 Å². The summed E-state index contributed by atoms with van der Waals surface area (Å²) in [6, 6.07) is 0. The molecule has 2 unspecified atom stereocenters. The maximum absolute atomic E-state index is 5.72. The third kappa shape index (κ3) is 2.71. The maximum atomic E-state index is 5.72. The molecule has 0 amide bonds. The standard InChI is InChI=1S/C14H14O3/c1-3-4-5-6-7-12-8-10-14(16-12)11-9-13(15-2)17-14/h7-8,10,13H,9,11H2,1-2H3/b12-7+. The Bertz CT molecular complexity index is 467. The average molecular weight is 230 g/mol. The van der Waals surface area contributed by atoms with Crippen LogP contribution in [0.5, 0.6) is 0 Å². The Balaban J connectivity index is 1.99. The fourth-order valence-corrected chi connectivity index (χ4v) is 1.78. The van der Waals surface area contributed by atoms with E-state index in [1.54, 1.807) is 20.1 Å². The van der Waals surface area contributed by atoms with Crippen molar-refractivity contribution < 1.29 is 14.2 Å². The third-order valence-electron chi connectivity index (χ3n) is 2.59. The molecule has 0 aromatic heterocycles. The minimum Gasteiger partial charge on any atom is -0.458 e. The Morgan fingerprint density at radius 3 is 3.12 bits per heavy atom. The molecule has 2 aliphatic heterocycles. The predicted octanol–water partition coefficient (Wildman–Crippen LogP) is 1.96. The van der Waals surface area contributed by atoms with Gasteiger partial charge in [-0.05, 0) is 30.9 Å². The van der Waals surface area contributed by atoms with Crippen LogP contribution in [0, 0.1) is 23.7 Å². The minimum atomic E-state index is -0.648. The van der Waals surface area contributed by atoms with Crippen molar-refractivity contribution in [3.05, 3.63) is 24.0 Å². The van der Waals surface area contributed by atoms with Gasteiger partial charge in [-0.1, -0.05) is 11.8 Å². The molecule has 3 nitrogen and oxygen atoms in total. The smallest absolute Gasteiger partial charge is 0.233 e. The van der Waals surface area contributed by atoms with Crippen LogP contribution in [0.1, 0.15) is 19.8 Å². The van der Waals surface area contributed by atoms with E-state index in [-0.39, 0.29) is 6.29 Å². The van der Waals surface area contributed by atoms with Crippen molar-refractivity contribution in [2.75, 3.05) is 7.11 Å². The molecule has 0 aliphatic carbocycles. The summed E-state index contributed by atoms with van der Waals surface area (Å²) in [6.07, 6.45) is 6.91. The molecule has 2 rings (SSSR count). The van der Waals surface area contributed by atoms with Gasteiger partial charge < -0.3 is 14.2 Å². The van der Waals surface area contributed by atoms with E-state index in [0.717, 1.165) is 12.8 Å². The highest BCUT2D eigenvalue weighted by Crippen LogP contribution is 2.38. The summed E-state index contributed by atoms with van der Waals surface area (Å²) in [5.74, 6) is 10.9. The van der Waals surface area contributed by atoms with E-state index >= 15 is 0 Å². The zero-order chi connectivity index (χ0) is 12.1. The Labute approximate surface area is 101 Å². The molecule has 1 saturated heterocycles. The summed E-state index contributed by atoms with van der Waals surface area (Å²) in [4.78, 5) is 0. The predicted molar refractivity (Wildman–Crippen MR) is 63.4 cm³/mol. The van der Waals surface area contributed by atoms with Gasteiger partial charge in [-0.2, -0.15) is 0 Å². The lowest BCUT2D eigenvalue weighted by Crippen LogP contribution is -2.27. The maximum Gasteiger partial charge on any atom is 0.233 e. The molecule has 2 aliphatic rings. The van der Waals surface area contributed by atoms with Crippen molar-refractivity contribution in [2.24, 2.45) is 0 Å². The molecular formula is C14H14O3. The van der Waals surface area contributed by atoms with Crippen LogP contribution in [-0.2, 0) is 14.2 Å². The van der Waals surface area contributed by atoms with Gasteiger partial charge >= 0.3 is 0 Å². The highest BCUT2D eigenvalue weighted by atomic mass is 16.8. The second-order valence-electron chi connectivity index (χ2n) is 3.76. The zero-order valence-electron chi connectivity index (χ0n) is 9.95. The molecule has 0 aromatic rings. The Kier molecular flexibility index (Phi) is 3.54. The van der Waals surface area contributed by atoms with Gasteiger partial charge in [-0.3, -0.25) is 0 Å². The van der Waals surface area contributed by atoms with Crippen molar-refractivity contribution in [1.29, 1.82) is 0 Å². The van der Waals surface area contributed by atoms with Crippen LogP contribution in [0.2, 0.25) is 0 Å². The van der Waals surface area contributed by atoms with Crippen LogP contribution < -0.4 is 0 Å². The minimum absolute atomic E-state index is 0.184. The Hall–Kier alpha value is -1.68. The van der Waals surface area contributed by atoms with Crippen LogP contribution >= 0.6 is 0 Å². The van der Waals surface area contributed by atoms with Crippen molar-refractivity contribution in [2.45, 2.75) is 31.8 Å². The van der Waals surface area contributed by atoms with Gasteiger partial charge in [0.1, 0.15) is 5.76 Å². The molecule has 3 heteroatoms. The fourth-order valence-electron chi connectivity index (χ4n) is 1.78. The molecule has 0 bridgehead atoms. The molecule has 0 N–H and O–H groups in total. The Morgan fingerprint density at radius 2 is 2.41 bits per heavy atom. The molecule has 0 radical (unpaired) electrons. The fraction of sp³-hybridized carbons (Fsp3) is 0.429. The summed E-state index contributed by atoms with van der Waals surface area (Å²) in [5.41, 5.74) is 0. The van der Waals surface area contributed by atoms with Crippen molar-refractivity contribution in [1.82, 2.24) is 0 Å². The number of rotatable bonds is 1. The topological polar surface area (TPSA) is 27.7 Å². The molecule has 2 atom stereocenters. The van der Waals surface area contributed by atoms with E-state index in [9.17, 15) is 0 Å². The molecule has 0 aromatic carbocycles. The van der Waals surface area contributed by atoms with Crippen molar-refractivity contribution in [3.63, 3.8) is 0 Å². The number of ether oxygens (including phenoxy) is 3. The molecular weight excluding hydrogens is 216 g/mol. The van der Waals surface area contributed by atoms with Crippen molar-refractivity contribution >= 4 is 0 Å². The van der Waals surface area contributed by atoms with Gasteiger partial charge in [-0.15, -0.1) is 0 Å². The molecule has 1 fully saturated rings. The van der Waals surface area contributed by atoms with Crippen LogP contribution in [0.25, 0.3) is 0 Å². The first-order valence-corrected chi connectivity index (χ1v) is 5.49. The number of methoxy groups -OCH3 is 1. The van der Waals surface area contributed by atoms with Gasteiger partial charge in [0.15, 0.2) is 6.29 Å². The molecule has 88 valence electrons. The first-order chi connectivity index (χ1) is 8.28. The first kappa shape index (κ1) is 11.8. The molecule has 2 heterocycles. The van der Waals surface area contributed by atoms with Gasteiger partial charge in [0.25, 0.3) is 0 Å². The summed E-state index contributed by atoms with van der Waals surface area (Å²) in [5, 5.41) is 0. The quantitative estimate of drug-likeness (QED) is 0.644. The summed E-state index contributed by atoms with van der Waals surface area (Å²) in [6.45, 7) is 1.75. The lowest BCUT2D eigenvalue weighted by atomic mass is 10.2. The summed E-state index contributed by atoms with van der Waals surface area (Å²) in [7, 11) is 1.63. The normalized spacial score (nSPS) is 31.9. The van der Waals surface area contributed by atoms with E-state index in [2.05, 4.69) is 23.7 Å². The highest BCUT2D eigenvalue weighted by molar-refractivity contribution is 5.35. The lowest BCUT2D eigenvalue weighted by Gasteiger charge is -2.22. The third-order valence-corrected chi connectivity index (χ3v) is 2.59. The monoisotopic (exact) mass is 230 g/mol. The summed E-state index contributed by atoms with van der Waals surface area (Å²) >= 11 is 0. The molecule has 1 spiro atoms. The highest BCUT2D eigenvalue weighted by Gasteiger charge is 2.43.